The summed E-state index contributed by atoms with van der Waals surface area (Å²) in [6, 6.07) is 8.56. The molecule has 2 N–H and O–H groups in total. The van der Waals surface area contributed by atoms with Crippen LogP contribution in [0.15, 0.2) is 36.7 Å². The Morgan fingerprint density at radius 1 is 1.30 bits per heavy atom. The topological polar surface area (TPSA) is 92.5 Å². The minimum Gasteiger partial charge on any atom is -0.368 e. The highest BCUT2D eigenvalue weighted by atomic mass is 16.6. The lowest BCUT2D eigenvalue weighted by atomic mass is 10.0. The molecule has 1 aromatic carbocycles. The molecule has 0 bridgehead atoms. The predicted octanol–water partition coefficient (Wildman–Crippen LogP) is 1.91. The Balaban J connectivity index is 1.27. The summed E-state index contributed by atoms with van der Waals surface area (Å²) in [4.78, 5) is 14.3. The van der Waals surface area contributed by atoms with Gasteiger partial charge in [0.05, 0.1) is 24.2 Å². The van der Waals surface area contributed by atoms with Gasteiger partial charge in [-0.3, -0.25) is 4.79 Å². The molecule has 0 spiro atoms. The molecule has 0 aliphatic carbocycles. The van der Waals surface area contributed by atoms with Gasteiger partial charge in [-0.25, -0.2) is 4.68 Å². The van der Waals surface area contributed by atoms with Crippen LogP contribution in [0.5, 0.6) is 0 Å². The van der Waals surface area contributed by atoms with Crippen molar-refractivity contribution in [3.8, 4) is 5.69 Å². The summed E-state index contributed by atoms with van der Waals surface area (Å²) >= 11 is 0. The first-order valence-corrected chi connectivity index (χ1v) is 10.8. The van der Waals surface area contributed by atoms with E-state index in [1.165, 1.54) is 5.56 Å². The summed E-state index contributed by atoms with van der Waals surface area (Å²) in [5.41, 5.74) is 2.28. The molecule has 1 aliphatic rings. The third kappa shape index (κ3) is 6.90. The van der Waals surface area contributed by atoms with E-state index in [0.717, 1.165) is 31.4 Å². The number of aliphatic hydroxyl groups is 1. The fourth-order valence-corrected chi connectivity index (χ4v) is 3.84. The lowest BCUT2D eigenvalue weighted by Crippen LogP contribution is -2.44. The molecule has 3 atom stereocenters. The van der Waals surface area contributed by atoms with Gasteiger partial charge >= 0.3 is 0 Å². The van der Waals surface area contributed by atoms with Crippen LogP contribution in [-0.4, -0.2) is 69.5 Å². The number of aliphatic hydroxyl groups excluding tert-OH is 1. The highest BCUT2D eigenvalue weighted by molar-refractivity contribution is 5.76. The number of nitrogens with one attached hydrogen (secondary N) is 1. The van der Waals surface area contributed by atoms with Gasteiger partial charge in [-0.05, 0) is 57.4 Å². The lowest BCUT2D eigenvalue weighted by Gasteiger charge is -2.36. The minimum atomic E-state index is -0.700. The van der Waals surface area contributed by atoms with Crippen molar-refractivity contribution in [1.82, 2.24) is 25.2 Å². The van der Waals surface area contributed by atoms with Crippen molar-refractivity contribution in [3.05, 3.63) is 42.2 Å². The van der Waals surface area contributed by atoms with Crippen LogP contribution in [0, 0.1) is 0 Å². The third-order valence-electron chi connectivity index (χ3n) is 5.62. The van der Waals surface area contributed by atoms with Crippen LogP contribution in [0.3, 0.4) is 0 Å². The number of aromatic nitrogens is 3. The standard InChI is InChI=1S/C22H33N5O3/c1-17-15-20(16-22(29)30-17)26(2)13-10-21(28)23-11-4-3-5-18-6-8-19(9-7-18)27-14-12-24-25-27/h6-9,12,14,17,20,22,29H,3-5,10-11,13,15-16H2,1-2H3,(H,23,28)/t17-,20+,22-/m1/s1. The number of ether oxygens (including phenoxy) is 1. The summed E-state index contributed by atoms with van der Waals surface area (Å²) in [7, 11) is 2.01. The molecule has 1 aliphatic heterocycles. The summed E-state index contributed by atoms with van der Waals surface area (Å²) in [6.07, 6.45) is 7.76. The second-order valence-corrected chi connectivity index (χ2v) is 8.08. The van der Waals surface area contributed by atoms with Crippen LogP contribution in [0.2, 0.25) is 0 Å². The van der Waals surface area contributed by atoms with Crippen molar-refractivity contribution in [2.75, 3.05) is 20.1 Å². The van der Waals surface area contributed by atoms with E-state index in [4.69, 9.17) is 4.74 Å². The van der Waals surface area contributed by atoms with E-state index in [1.54, 1.807) is 10.9 Å². The quantitative estimate of drug-likeness (QED) is 0.576. The maximum absolute atomic E-state index is 12.1. The number of hydrogen-bond donors (Lipinski definition) is 2. The molecule has 1 saturated heterocycles. The number of benzene rings is 1. The largest absolute Gasteiger partial charge is 0.368 e. The van der Waals surface area contributed by atoms with Gasteiger partial charge in [0, 0.05) is 32.0 Å². The summed E-state index contributed by atoms with van der Waals surface area (Å²) in [6.45, 7) is 3.36. The van der Waals surface area contributed by atoms with Gasteiger partial charge in [0.15, 0.2) is 6.29 Å². The molecule has 164 valence electrons. The lowest BCUT2D eigenvalue weighted by molar-refractivity contribution is -0.173. The van der Waals surface area contributed by atoms with E-state index in [0.29, 0.717) is 25.9 Å². The Bertz CT molecular complexity index is 756. The predicted molar refractivity (Wildman–Crippen MR) is 114 cm³/mol. The normalized spacial score (nSPS) is 21.7. The number of hydrogen-bond acceptors (Lipinski definition) is 6. The molecule has 2 aromatic rings. The summed E-state index contributed by atoms with van der Waals surface area (Å²) in [5.74, 6) is 0.0830. The van der Waals surface area contributed by atoms with E-state index in [-0.39, 0.29) is 18.1 Å². The van der Waals surface area contributed by atoms with Crippen LogP contribution in [0.4, 0.5) is 0 Å². The van der Waals surface area contributed by atoms with Crippen molar-refractivity contribution in [1.29, 1.82) is 0 Å². The molecule has 0 saturated carbocycles. The number of carbonyl (C=O) groups excluding carboxylic acids is 1. The van der Waals surface area contributed by atoms with Crippen molar-refractivity contribution in [3.63, 3.8) is 0 Å². The maximum atomic E-state index is 12.1. The number of rotatable bonds is 10. The highest BCUT2D eigenvalue weighted by Gasteiger charge is 2.28. The van der Waals surface area contributed by atoms with Crippen molar-refractivity contribution < 1.29 is 14.6 Å². The number of carbonyl (C=O) groups is 1. The Kier molecular flexibility index (Phi) is 8.36. The fraction of sp³-hybridized carbons (Fsp3) is 0.591. The van der Waals surface area contributed by atoms with E-state index in [1.807, 2.05) is 32.3 Å². The van der Waals surface area contributed by atoms with E-state index < -0.39 is 6.29 Å². The van der Waals surface area contributed by atoms with Gasteiger partial charge in [0.1, 0.15) is 0 Å². The summed E-state index contributed by atoms with van der Waals surface area (Å²) in [5, 5.41) is 20.6. The van der Waals surface area contributed by atoms with Crippen LogP contribution < -0.4 is 5.32 Å². The fourth-order valence-electron chi connectivity index (χ4n) is 3.84. The number of unbranched alkanes of at least 4 members (excludes halogenated alkanes) is 1. The van der Waals surface area contributed by atoms with Gasteiger partial charge in [-0.15, -0.1) is 5.10 Å². The van der Waals surface area contributed by atoms with Crippen LogP contribution in [0.25, 0.3) is 5.69 Å². The second-order valence-electron chi connectivity index (χ2n) is 8.08. The van der Waals surface area contributed by atoms with E-state index >= 15 is 0 Å². The minimum absolute atomic E-state index is 0.0498. The molecule has 1 fully saturated rings. The molecule has 1 aromatic heterocycles. The molecule has 0 unspecified atom stereocenters. The van der Waals surface area contributed by atoms with Gasteiger partial charge < -0.3 is 20.1 Å². The number of amides is 1. The Labute approximate surface area is 178 Å². The summed E-state index contributed by atoms with van der Waals surface area (Å²) < 4.78 is 7.10. The zero-order valence-corrected chi connectivity index (χ0v) is 17.9. The van der Waals surface area contributed by atoms with Gasteiger partial charge in [-0.1, -0.05) is 17.3 Å². The molecule has 1 amide bonds. The monoisotopic (exact) mass is 415 g/mol. The smallest absolute Gasteiger partial charge is 0.221 e. The molecule has 30 heavy (non-hydrogen) atoms. The molecule has 3 rings (SSSR count). The Morgan fingerprint density at radius 2 is 2.10 bits per heavy atom. The molecular weight excluding hydrogens is 382 g/mol. The van der Waals surface area contributed by atoms with Crippen LogP contribution >= 0.6 is 0 Å². The van der Waals surface area contributed by atoms with Crippen LogP contribution in [-0.2, 0) is 16.0 Å². The zero-order valence-electron chi connectivity index (χ0n) is 17.9. The van der Waals surface area contributed by atoms with Crippen molar-refractivity contribution in [2.45, 2.75) is 63.9 Å². The Morgan fingerprint density at radius 3 is 2.80 bits per heavy atom. The maximum Gasteiger partial charge on any atom is 0.221 e. The number of nitrogens with zero attached hydrogens (tertiary/aromatic N) is 4. The van der Waals surface area contributed by atoms with Gasteiger partial charge in [0.25, 0.3) is 0 Å². The molecule has 8 heteroatoms. The highest BCUT2D eigenvalue weighted by Crippen LogP contribution is 2.21. The SMILES string of the molecule is C[C@@H]1C[C@H](N(C)CCC(=O)NCCCCc2ccc(-n3ccnn3)cc2)C[C@H](O)O1. The Hall–Kier alpha value is -2.29. The average molecular weight is 416 g/mol. The average Bonchev–Trinajstić information content (AvgIpc) is 3.26. The second kappa shape index (κ2) is 11.2. The first-order chi connectivity index (χ1) is 14.5. The van der Waals surface area contributed by atoms with Crippen LogP contribution in [0.1, 0.15) is 44.6 Å². The van der Waals surface area contributed by atoms with E-state index in [9.17, 15) is 9.90 Å². The van der Waals surface area contributed by atoms with E-state index in [2.05, 4.69) is 32.7 Å². The van der Waals surface area contributed by atoms with Crippen molar-refractivity contribution >= 4 is 5.91 Å². The molecule has 2 heterocycles. The molecule has 0 radical (unpaired) electrons. The first kappa shape index (κ1) is 22.4. The zero-order chi connectivity index (χ0) is 21.3. The molecule has 8 nitrogen and oxygen atoms in total. The first-order valence-electron chi connectivity index (χ1n) is 10.8. The van der Waals surface area contributed by atoms with Gasteiger partial charge in [-0.2, -0.15) is 0 Å². The van der Waals surface area contributed by atoms with Gasteiger partial charge in [0.2, 0.25) is 5.91 Å². The van der Waals surface area contributed by atoms with Crippen molar-refractivity contribution in [2.24, 2.45) is 0 Å². The molecular formula is C22H33N5O3. The number of aryl methyl sites for hydroxylation is 1. The third-order valence-corrected chi connectivity index (χ3v) is 5.62.